The zero-order valence-electron chi connectivity index (χ0n) is 16.8. The molecule has 1 unspecified atom stereocenters. The van der Waals surface area contributed by atoms with Crippen LogP contribution in [0, 0.1) is 5.92 Å². The van der Waals surface area contributed by atoms with Crippen molar-refractivity contribution in [2.75, 3.05) is 11.9 Å². The van der Waals surface area contributed by atoms with Crippen molar-refractivity contribution in [3.8, 4) is 0 Å². The Kier molecular flexibility index (Phi) is 9.08. The zero-order chi connectivity index (χ0) is 22.3. The van der Waals surface area contributed by atoms with Crippen molar-refractivity contribution >= 4 is 57.5 Å². The number of anilines is 1. The Bertz CT molecular complexity index is 917. The number of carbonyl (C=O) groups excluding carboxylic acids is 3. The maximum Gasteiger partial charge on any atom is 0.311 e. The molecule has 0 saturated carbocycles. The van der Waals surface area contributed by atoms with Crippen LogP contribution in [-0.2, 0) is 20.7 Å². The van der Waals surface area contributed by atoms with Crippen LogP contribution in [0.2, 0.25) is 10.0 Å². The Morgan fingerprint density at radius 1 is 1.23 bits per heavy atom. The molecule has 1 atom stereocenters. The standard InChI is InChI=1S/C20H23Cl2N3O4S/c1-4-29-17(26)9-13-10-30-20(23-13)25-19(28)16(7-11(2)3)24-18(27)14-6-5-12(21)8-15(14)22/h5-6,8,10-11,16H,4,7,9H2,1-3H3,(H,24,27)(H,23,25,28). The van der Waals surface area contributed by atoms with E-state index in [1.165, 1.54) is 23.5 Å². The summed E-state index contributed by atoms with van der Waals surface area (Å²) in [7, 11) is 0. The Morgan fingerprint density at radius 3 is 2.60 bits per heavy atom. The van der Waals surface area contributed by atoms with Crippen molar-refractivity contribution in [2.45, 2.75) is 39.7 Å². The van der Waals surface area contributed by atoms with E-state index in [2.05, 4.69) is 15.6 Å². The summed E-state index contributed by atoms with van der Waals surface area (Å²) in [6.45, 7) is 5.91. The minimum Gasteiger partial charge on any atom is -0.466 e. The van der Waals surface area contributed by atoms with E-state index in [9.17, 15) is 14.4 Å². The largest absolute Gasteiger partial charge is 0.466 e. The van der Waals surface area contributed by atoms with Gasteiger partial charge in [-0.2, -0.15) is 0 Å². The highest BCUT2D eigenvalue weighted by Crippen LogP contribution is 2.22. The van der Waals surface area contributed by atoms with Crippen LogP contribution in [0.5, 0.6) is 0 Å². The molecule has 0 bridgehead atoms. The Hall–Kier alpha value is -2.16. The number of benzene rings is 1. The third-order valence-electron chi connectivity index (χ3n) is 3.92. The van der Waals surface area contributed by atoms with Crippen LogP contribution < -0.4 is 10.6 Å². The van der Waals surface area contributed by atoms with Crippen LogP contribution in [0.15, 0.2) is 23.6 Å². The van der Waals surface area contributed by atoms with E-state index in [4.69, 9.17) is 27.9 Å². The van der Waals surface area contributed by atoms with E-state index in [0.29, 0.717) is 28.9 Å². The average Bonchev–Trinajstić information content (AvgIpc) is 3.07. The summed E-state index contributed by atoms with van der Waals surface area (Å²) in [5.41, 5.74) is 0.736. The first kappa shape index (κ1) is 24.1. The molecule has 0 aliphatic heterocycles. The fraction of sp³-hybridized carbons (Fsp3) is 0.400. The van der Waals surface area contributed by atoms with Crippen molar-refractivity contribution in [2.24, 2.45) is 5.92 Å². The molecule has 0 saturated heterocycles. The second kappa shape index (κ2) is 11.3. The van der Waals surface area contributed by atoms with E-state index in [0.717, 1.165) is 0 Å². The SMILES string of the molecule is CCOC(=O)Cc1csc(NC(=O)C(CC(C)C)NC(=O)c2ccc(Cl)cc2Cl)n1. The molecule has 162 valence electrons. The van der Waals surface area contributed by atoms with Gasteiger partial charge in [0.2, 0.25) is 5.91 Å². The van der Waals surface area contributed by atoms with E-state index in [1.54, 1.807) is 18.4 Å². The topological polar surface area (TPSA) is 97.4 Å². The van der Waals surface area contributed by atoms with Crippen molar-refractivity contribution in [3.05, 3.63) is 44.9 Å². The second-order valence-corrected chi connectivity index (χ2v) is 8.60. The van der Waals surface area contributed by atoms with Gasteiger partial charge in [0.1, 0.15) is 6.04 Å². The number of esters is 1. The van der Waals surface area contributed by atoms with Crippen molar-refractivity contribution in [1.82, 2.24) is 10.3 Å². The van der Waals surface area contributed by atoms with Gasteiger partial charge in [0.05, 0.1) is 29.3 Å². The zero-order valence-corrected chi connectivity index (χ0v) is 19.2. The van der Waals surface area contributed by atoms with E-state index in [1.807, 2.05) is 13.8 Å². The molecule has 2 rings (SSSR count). The lowest BCUT2D eigenvalue weighted by molar-refractivity contribution is -0.142. The molecule has 0 fully saturated rings. The Morgan fingerprint density at radius 2 is 1.97 bits per heavy atom. The van der Waals surface area contributed by atoms with Crippen LogP contribution in [0.1, 0.15) is 43.2 Å². The fourth-order valence-electron chi connectivity index (χ4n) is 2.61. The van der Waals surface area contributed by atoms with E-state index >= 15 is 0 Å². The van der Waals surface area contributed by atoms with Crippen LogP contribution in [0.4, 0.5) is 5.13 Å². The number of rotatable bonds is 9. The van der Waals surface area contributed by atoms with Gasteiger partial charge in [0, 0.05) is 10.4 Å². The Balaban J connectivity index is 2.07. The number of hydrogen-bond acceptors (Lipinski definition) is 6. The lowest BCUT2D eigenvalue weighted by Gasteiger charge is -2.20. The summed E-state index contributed by atoms with van der Waals surface area (Å²) >= 11 is 13.2. The number of amides is 2. The van der Waals surface area contributed by atoms with Crippen LogP contribution >= 0.6 is 34.5 Å². The molecule has 7 nitrogen and oxygen atoms in total. The maximum absolute atomic E-state index is 12.8. The average molecular weight is 472 g/mol. The fourth-order valence-corrected chi connectivity index (χ4v) is 3.82. The molecular weight excluding hydrogens is 449 g/mol. The van der Waals surface area contributed by atoms with Gasteiger partial charge in [-0.3, -0.25) is 14.4 Å². The minimum absolute atomic E-state index is 0.0292. The highest BCUT2D eigenvalue weighted by Gasteiger charge is 2.24. The number of halogens is 2. The molecule has 10 heteroatoms. The first-order valence-corrected chi connectivity index (χ1v) is 11.0. The van der Waals surface area contributed by atoms with Gasteiger partial charge in [0.15, 0.2) is 5.13 Å². The van der Waals surface area contributed by atoms with Gasteiger partial charge in [-0.15, -0.1) is 11.3 Å². The molecule has 2 amide bonds. The van der Waals surface area contributed by atoms with Crippen molar-refractivity contribution in [1.29, 1.82) is 0 Å². The molecule has 0 aliphatic rings. The number of hydrogen-bond donors (Lipinski definition) is 2. The molecule has 0 radical (unpaired) electrons. The maximum atomic E-state index is 12.8. The van der Waals surface area contributed by atoms with Gasteiger partial charge < -0.3 is 15.4 Å². The van der Waals surface area contributed by atoms with Gasteiger partial charge in [-0.25, -0.2) is 4.98 Å². The normalized spacial score (nSPS) is 11.8. The van der Waals surface area contributed by atoms with Gasteiger partial charge in [0.25, 0.3) is 5.91 Å². The monoisotopic (exact) mass is 471 g/mol. The molecule has 1 heterocycles. The van der Waals surface area contributed by atoms with Gasteiger partial charge >= 0.3 is 5.97 Å². The molecule has 30 heavy (non-hydrogen) atoms. The molecule has 0 spiro atoms. The summed E-state index contributed by atoms with van der Waals surface area (Å²) in [6.07, 6.45) is 0.450. The highest BCUT2D eigenvalue weighted by molar-refractivity contribution is 7.13. The lowest BCUT2D eigenvalue weighted by atomic mass is 10.0. The number of thiazole rings is 1. The summed E-state index contributed by atoms with van der Waals surface area (Å²) in [4.78, 5) is 41.2. The first-order chi connectivity index (χ1) is 14.2. The van der Waals surface area contributed by atoms with Crippen molar-refractivity contribution < 1.29 is 19.1 Å². The third kappa shape index (κ3) is 7.27. The number of ether oxygens (including phenoxy) is 1. The summed E-state index contributed by atoms with van der Waals surface area (Å²) in [6, 6.07) is 3.74. The smallest absolute Gasteiger partial charge is 0.311 e. The molecule has 0 aliphatic carbocycles. The van der Waals surface area contributed by atoms with Crippen LogP contribution in [0.3, 0.4) is 0 Å². The number of aromatic nitrogens is 1. The Labute approximate surface area is 189 Å². The van der Waals surface area contributed by atoms with Crippen molar-refractivity contribution in [3.63, 3.8) is 0 Å². The summed E-state index contributed by atoms with van der Waals surface area (Å²) in [5, 5.41) is 8.06. The minimum atomic E-state index is -0.790. The predicted octanol–water partition coefficient (Wildman–Crippen LogP) is 4.34. The molecule has 2 aromatic rings. The molecule has 2 N–H and O–H groups in total. The molecule has 1 aromatic heterocycles. The van der Waals surface area contributed by atoms with E-state index in [-0.39, 0.29) is 28.9 Å². The van der Waals surface area contributed by atoms with Crippen LogP contribution in [-0.4, -0.2) is 35.4 Å². The summed E-state index contributed by atoms with van der Waals surface area (Å²) < 4.78 is 4.89. The number of nitrogens with one attached hydrogen (secondary N) is 2. The van der Waals surface area contributed by atoms with Crippen LogP contribution in [0.25, 0.3) is 0 Å². The number of nitrogens with zero attached hydrogens (tertiary/aromatic N) is 1. The highest BCUT2D eigenvalue weighted by atomic mass is 35.5. The second-order valence-electron chi connectivity index (χ2n) is 6.89. The van der Waals surface area contributed by atoms with E-state index < -0.39 is 17.9 Å². The first-order valence-electron chi connectivity index (χ1n) is 9.36. The molecular formula is C20H23Cl2N3O4S. The third-order valence-corrected chi connectivity index (χ3v) is 5.27. The molecule has 1 aromatic carbocycles. The quantitative estimate of drug-likeness (QED) is 0.530. The van der Waals surface area contributed by atoms with Gasteiger partial charge in [-0.1, -0.05) is 37.0 Å². The lowest BCUT2D eigenvalue weighted by Crippen LogP contribution is -2.44. The van der Waals surface area contributed by atoms with Gasteiger partial charge in [-0.05, 0) is 37.5 Å². The summed E-state index contributed by atoms with van der Waals surface area (Å²) in [5.74, 6) is -1.11. The number of carbonyl (C=O) groups is 3. The predicted molar refractivity (Wildman–Crippen MR) is 118 cm³/mol.